The van der Waals surface area contributed by atoms with Crippen LogP contribution in [0.2, 0.25) is 0 Å². The van der Waals surface area contributed by atoms with Gasteiger partial charge in [-0.25, -0.2) is 4.98 Å². The Labute approximate surface area is 123 Å². The summed E-state index contributed by atoms with van der Waals surface area (Å²) >= 11 is 0. The summed E-state index contributed by atoms with van der Waals surface area (Å²) in [7, 11) is 4.07. The molecule has 3 nitrogen and oxygen atoms in total. The minimum atomic E-state index is 0.329. The van der Waals surface area contributed by atoms with Crippen LogP contribution in [0.1, 0.15) is 39.2 Å². The molecule has 1 aliphatic rings. The number of nitrogens with one attached hydrogen (secondary N) is 1. The molecule has 112 valence electrons. The number of anilines is 1. The van der Waals surface area contributed by atoms with E-state index in [1.165, 1.54) is 18.4 Å². The van der Waals surface area contributed by atoms with Crippen LogP contribution in [0.25, 0.3) is 0 Å². The summed E-state index contributed by atoms with van der Waals surface area (Å²) in [5.41, 5.74) is 2.09. The smallest absolute Gasteiger partial charge is 0.127 e. The van der Waals surface area contributed by atoms with E-state index in [0.29, 0.717) is 10.8 Å². The normalized spacial score (nSPS) is 18.9. The van der Waals surface area contributed by atoms with Crippen LogP contribution in [-0.2, 0) is 6.42 Å². The average molecular weight is 275 g/mol. The van der Waals surface area contributed by atoms with Crippen LogP contribution in [-0.4, -0.2) is 32.2 Å². The SMILES string of the molecule is CN(C)c1ccc(CC2(C(C)(C)C)CCNCC2)cn1. The fraction of sp³-hybridized carbons (Fsp3) is 0.706. The van der Waals surface area contributed by atoms with Crippen molar-refractivity contribution in [1.29, 1.82) is 0 Å². The number of rotatable bonds is 3. The van der Waals surface area contributed by atoms with Gasteiger partial charge in [0.15, 0.2) is 0 Å². The first kappa shape index (κ1) is 15.3. The summed E-state index contributed by atoms with van der Waals surface area (Å²) in [5, 5.41) is 3.50. The molecule has 0 spiro atoms. The Morgan fingerprint density at radius 1 is 1.20 bits per heavy atom. The molecule has 1 fully saturated rings. The van der Waals surface area contributed by atoms with Crippen LogP contribution in [0.4, 0.5) is 5.82 Å². The average Bonchev–Trinajstić information content (AvgIpc) is 2.39. The molecule has 1 aromatic heterocycles. The summed E-state index contributed by atoms with van der Waals surface area (Å²) in [4.78, 5) is 6.62. The highest BCUT2D eigenvalue weighted by atomic mass is 15.1. The maximum absolute atomic E-state index is 4.57. The van der Waals surface area contributed by atoms with E-state index >= 15 is 0 Å². The van der Waals surface area contributed by atoms with Crippen molar-refractivity contribution in [1.82, 2.24) is 10.3 Å². The molecule has 2 heterocycles. The van der Waals surface area contributed by atoms with Gasteiger partial charge in [0.05, 0.1) is 0 Å². The van der Waals surface area contributed by atoms with Crippen LogP contribution in [0, 0.1) is 10.8 Å². The summed E-state index contributed by atoms with van der Waals surface area (Å²) < 4.78 is 0. The predicted octanol–water partition coefficient (Wildman–Crippen LogP) is 3.11. The fourth-order valence-corrected chi connectivity index (χ4v) is 3.27. The lowest BCUT2D eigenvalue weighted by atomic mass is 9.59. The first-order valence-electron chi connectivity index (χ1n) is 7.67. The molecular weight excluding hydrogens is 246 g/mol. The minimum absolute atomic E-state index is 0.329. The van der Waals surface area contributed by atoms with Crippen molar-refractivity contribution in [3.05, 3.63) is 23.9 Å². The molecule has 1 N–H and O–H groups in total. The van der Waals surface area contributed by atoms with Gasteiger partial charge in [0.1, 0.15) is 5.82 Å². The van der Waals surface area contributed by atoms with Crippen molar-refractivity contribution >= 4 is 5.82 Å². The van der Waals surface area contributed by atoms with Crippen molar-refractivity contribution in [3.63, 3.8) is 0 Å². The molecule has 0 saturated carbocycles. The molecule has 1 aromatic rings. The molecule has 1 aliphatic heterocycles. The quantitative estimate of drug-likeness (QED) is 0.918. The van der Waals surface area contributed by atoms with Gasteiger partial charge in [0, 0.05) is 20.3 Å². The van der Waals surface area contributed by atoms with E-state index in [0.717, 1.165) is 25.3 Å². The number of pyridine rings is 1. The predicted molar refractivity (Wildman–Crippen MR) is 86.3 cm³/mol. The largest absolute Gasteiger partial charge is 0.363 e. The monoisotopic (exact) mass is 275 g/mol. The summed E-state index contributed by atoms with van der Waals surface area (Å²) in [6, 6.07) is 4.38. The van der Waals surface area contributed by atoms with Crippen LogP contribution >= 0.6 is 0 Å². The first-order chi connectivity index (χ1) is 9.34. The lowest BCUT2D eigenvalue weighted by molar-refractivity contribution is 0.0468. The zero-order valence-electron chi connectivity index (χ0n) is 13.7. The van der Waals surface area contributed by atoms with Crippen LogP contribution in [0.3, 0.4) is 0 Å². The number of hydrogen-bond acceptors (Lipinski definition) is 3. The second-order valence-electron chi connectivity index (χ2n) is 7.38. The number of piperidine rings is 1. The maximum Gasteiger partial charge on any atom is 0.127 e. The highest BCUT2D eigenvalue weighted by Crippen LogP contribution is 2.47. The summed E-state index contributed by atoms with van der Waals surface area (Å²) in [6.45, 7) is 9.45. The van der Waals surface area contributed by atoms with E-state index < -0.39 is 0 Å². The number of hydrogen-bond donors (Lipinski definition) is 1. The van der Waals surface area contributed by atoms with Gasteiger partial charge >= 0.3 is 0 Å². The number of nitrogens with zero attached hydrogens (tertiary/aromatic N) is 2. The van der Waals surface area contributed by atoms with E-state index in [1.807, 2.05) is 19.0 Å². The van der Waals surface area contributed by atoms with E-state index in [9.17, 15) is 0 Å². The summed E-state index contributed by atoms with van der Waals surface area (Å²) in [6.07, 6.45) is 5.71. The van der Waals surface area contributed by atoms with E-state index in [1.54, 1.807) is 0 Å². The fourth-order valence-electron chi connectivity index (χ4n) is 3.27. The van der Waals surface area contributed by atoms with Gasteiger partial charge < -0.3 is 10.2 Å². The van der Waals surface area contributed by atoms with Crippen molar-refractivity contribution in [3.8, 4) is 0 Å². The van der Waals surface area contributed by atoms with Gasteiger partial charge in [0.25, 0.3) is 0 Å². The van der Waals surface area contributed by atoms with Gasteiger partial charge in [-0.2, -0.15) is 0 Å². The first-order valence-corrected chi connectivity index (χ1v) is 7.67. The van der Waals surface area contributed by atoms with Gasteiger partial charge in [-0.3, -0.25) is 0 Å². The molecule has 0 atom stereocenters. The minimum Gasteiger partial charge on any atom is -0.363 e. The zero-order chi connectivity index (χ0) is 14.8. The van der Waals surface area contributed by atoms with Gasteiger partial charge in [0.2, 0.25) is 0 Å². The Kier molecular flexibility index (Phi) is 4.38. The Morgan fingerprint density at radius 3 is 2.30 bits per heavy atom. The van der Waals surface area contributed by atoms with Crippen LogP contribution in [0.5, 0.6) is 0 Å². The standard InChI is InChI=1S/C17H29N3/c1-16(2,3)17(8-10-18-11-9-17)12-14-6-7-15(19-13-14)20(4)5/h6-7,13,18H,8-12H2,1-5H3. The lowest BCUT2D eigenvalue weighted by Crippen LogP contribution is -2.46. The lowest BCUT2D eigenvalue weighted by Gasteiger charge is -2.48. The third-order valence-electron chi connectivity index (χ3n) is 4.96. The third-order valence-corrected chi connectivity index (χ3v) is 4.96. The van der Waals surface area contributed by atoms with Gasteiger partial charge in [-0.1, -0.05) is 26.8 Å². The highest BCUT2D eigenvalue weighted by molar-refractivity contribution is 5.37. The molecule has 1 saturated heterocycles. The molecule has 0 aromatic carbocycles. The Balaban J connectivity index is 2.19. The molecular formula is C17H29N3. The van der Waals surface area contributed by atoms with E-state index in [4.69, 9.17) is 0 Å². The Morgan fingerprint density at radius 2 is 1.85 bits per heavy atom. The van der Waals surface area contributed by atoms with Crippen molar-refractivity contribution in [2.24, 2.45) is 10.8 Å². The van der Waals surface area contributed by atoms with Gasteiger partial charge in [-0.05, 0) is 54.8 Å². The molecule has 2 rings (SSSR count). The van der Waals surface area contributed by atoms with Crippen molar-refractivity contribution < 1.29 is 0 Å². The zero-order valence-corrected chi connectivity index (χ0v) is 13.7. The Bertz CT molecular complexity index is 423. The highest BCUT2D eigenvalue weighted by Gasteiger charge is 2.42. The molecule has 0 radical (unpaired) electrons. The third kappa shape index (κ3) is 3.14. The van der Waals surface area contributed by atoms with Gasteiger partial charge in [-0.15, -0.1) is 0 Å². The Hall–Kier alpha value is -1.09. The van der Waals surface area contributed by atoms with Crippen LogP contribution in [0.15, 0.2) is 18.3 Å². The molecule has 3 heteroatoms. The molecule has 0 amide bonds. The molecule has 0 bridgehead atoms. The van der Waals surface area contributed by atoms with Crippen molar-refractivity contribution in [2.45, 2.75) is 40.0 Å². The van der Waals surface area contributed by atoms with Crippen molar-refractivity contribution in [2.75, 3.05) is 32.1 Å². The molecule has 0 unspecified atom stereocenters. The maximum atomic E-state index is 4.57. The topological polar surface area (TPSA) is 28.2 Å². The number of aromatic nitrogens is 1. The van der Waals surface area contributed by atoms with Crippen LogP contribution < -0.4 is 10.2 Å². The summed E-state index contributed by atoms with van der Waals surface area (Å²) in [5.74, 6) is 1.03. The van der Waals surface area contributed by atoms with E-state index in [2.05, 4.69) is 49.4 Å². The second-order valence-corrected chi connectivity index (χ2v) is 7.38. The molecule has 0 aliphatic carbocycles. The molecule has 20 heavy (non-hydrogen) atoms. The van der Waals surface area contributed by atoms with E-state index in [-0.39, 0.29) is 0 Å². The second kappa shape index (κ2) is 5.72.